The SMILES string of the molecule is Cn1c(=O)c2c(nc(Cl)n2Cc2nc3ccccc3c(=O)n2CC#N)n(C)c1=O. The van der Waals surface area contributed by atoms with Crippen molar-refractivity contribution in [1.82, 2.24) is 28.2 Å². The van der Waals surface area contributed by atoms with Crippen molar-refractivity contribution < 1.29 is 0 Å². The summed E-state index contributed by atoms with van der Waals surface area (Å²) in [5, 5.41) is 9.51. The summed E-state index contributed by atoms with van der Waals surface area (Å²) in [7, 11) is 2.84. The number of imidazole rings is 1. The molecule has 0 atom stereocenters. The first-order valence-corrected chi connectivity index (χ1v) is 8.90. The fourth-order valence-corrected chi connectivity index (χ4v) is 3.50. The molecule has 11 heteroatoms. The lowest BCUT2D eigenvalue weighted by atomic mass is 10.2. The van der Waals surface area contributed by atoms with Gasteiger partial charge in [0, 0.05) is 14.1 Å². The summed E-state index contributed by atoms with van der Waals surface area (Å²) < 4.78 is 4.78. The average molecular weight is 412 g/mol. The third kappa shape index (κ3) is 2.75. The molecule has 146 valence electrons. The highest BCUT2D eigenvalue weighted by Gasteiger charge is 2.20. The van der Waals surface area contributed by atoms with E-state index in [-0.39, 0.29) is 40.9 Å². The molecule has 0 N–H and O–H groups in total. The minimum Gasteiger partial charge on any atom is -0.301 e. The fraction of sp³-hybridized carbons (Fsp3) is 0.222. The van der Waals surface area contributed by atoms with E-state index in [9.17, 15) is 14.4 Å². The van der Waals surface area contributed by atoms with Crippen LogP contribution in [0.2, 0.25) is 5.28 Å². The standard InChI is InChI=1S/C18H14ClN7O3/c1-23-14-13(16(28)24(2)18(23)29)26(17(19)22-14)9-12-21-11-6-4-3-5-10(11)15(27)25(12)8-7-20/h3-6H,8-9H2,1-2H3. The fourth-order valence-electron chi connectivity index (χ4n) is 3.27. The Morgan fingerprint density at radius 2 is 1.76 bits per heavy atom. The van der Waals surface area contributed by atoms with Crippen molar-refractivity contribution in [2.24, 2.45) is 14.1 Å². The van der Waals surface area contributed by atoms with Crippen LogP contribution in [0.15, 0.2) is 38.6 Å². The first-order chi connectivity index (χ1) is 13.8. The number of benzene rings is 1. The van der Waals surface area contributed by atoms with Gasteiger partial charge in [0.05, 0.1) is 23.5 Å². The first-order valence-electron chi connectivity index (χ1n) is 8.52. The maximum atomic E-state index is 12.8. The summed E-state index contributed by atoms with van der Waals surface area (Å²) in [5.41, 5.74) is -0.786. The topological polar surface area (TPSA) is 120 Å². The number of aryl methyl sites for hydroxylation is 1. The summed E-state index contributed by atoms with van der Waals surface area (Å²) in [6, 6.07) is 8.74. The van der Waals surface area contributed by atoms with Crippen LogP contribution >= 0.6 is 11.6 Å². The van der Waals surface area contributed by atoms with E-state index in [4.69, 9.17) is 16.9 Å². The van der Waals surface area contributed by atoms with Gasteiger partial charge in [-0.3, -0.25) is 23.3 Å². The molecule has 3 heterocycles. The summed E-state index contributed by atoms with van der Waals surface area (Å²) >= 11 is 6.26. The van der Waals surface area contributed by atoms with Crippen LogP contribution in [0.3, 0.4) is 0 Å². The van der Waals surface area contributed by atoms with E-state index in [0.29, 0.717) is 10.9 Å². The molecule has 0 bridgehead atoms. The monoisotopic (exact) mass is 411 g/mol. The van der Waals surface area contributed by atoms with Gasteiger partial charge in [0.1, 0.15) is 12.4 Å². The van der Waals surface area contributed by atoms with E-state index >= 15 is 0 Å². The van der Waals surface area contributed by atoms with Crippen molar-refractivity contribution in [3.05, 3.63) is 66.6 Å². The van der Waals surface area contributed by atoms with Gasteiger partial charge >= 0.3 is 5.69 Å². The molecule has 0 radical (unpaired) electrons. The Morgan fingerprint density at radius 3 is 2.48 bits per heavy atom. The number of hydrogen-bond donors (Lipinski definition) is 0. The Hall–Kier alpha value is -3.71. The van der Waals surface area contributed by atoms with Gasteiger partial charge in [-0.2, -0.15) is 10.2 Å². The van der Waals surface area contributed by atoms with Gasteiger partial charge in [0.15, 0.2) is 11.2 Å². The van der Waals surface area contributed by atoms with E-state index in [1.54, 1.807) is 24.3 Å². The largest absolute Gasteiger partial charge is 0.332 e. The lowest BCUT2D eigenvalue weighted by Gasteiger charge is -2.12. The zero-order valence-electron chi connectivity index (χ0n) is 15.5. The Bertz CT molecular complexity index is 1520. The average Bonchev–Trinajstić information content (AvgIpc) is 3.04. The summed E-state index contributed by atoms with van der Waals surface area (Å²) in [6.45, 7) is -0.294. The van der Waals surface area contributed by atoms with Crippen molar-refractivity contribution in [1.29, 1.82) is 5.26 Å². The normalized spacial score (nSPS) is 11.2. The number of hydrogen-bond acceptors (Lipinski definition) is 6. The minimum atomic E-state index is -0.572. The molecule has 0 fully saturated rings. The van der Waals surface area contributed by atoms with Crippen LogP contribution in [0.1, 0.15) is 5.82 Å². The molecule has 0 saturated carbocycles. The van der Waals surface area contributed by atoms with Crippen molar-refractivity contribution in [2.75, 3.05) is 0 Å². The molecule has 29 heavy (non-hydrogen) atoms. The lowest BCUT2D eigenvalue weighted by Crippen LogP contribution is -2.37. The third-order valence-corrected chi connectivity index (χ3v) is 5.06. The number of nitriles is 1. The second kappa shape index (κ2) is 6.72. The van der Waals surface area contributed by atoms with Crippen LogP contribution in [-0.2, 0) is 27.2 Å². The van der Waals surface area contributed by atoms with Crippen LogP contribution in [-0.4, -0.2) is 28.2 Å². The van der Waals surface area contributed by atoms with E-state index in [1.807, 2.05) is 6.07 Å². The second-order valence-electron chi connectivity index (χ2n) is 6.44. The zero-order chi connectivity index (χ0) is 20.9. The van der Waals surface area contributed by atoms with Crippen LogP contribution in [0.4, 0.5) is 0 Å². The molecule has 0 aliphatic rings. The molecule has 0 amide bonds. The van der Waals surface area contributed by atoms with Gasteiger partial charge in [-0.05, 0) is 23.7 Å². The highest BCUT2D eigenvalue weighted by molar-refractivity contribution is 6.29. The maximum absolute atomic E-state index is 12.8. The molecule has 0 spiro atoms. The van der Waals surface area contributed by atoms with E-state index in [0.717, 1.165) is 4.57 Å². The smallest absolute Gasteiger partial charge is 0.301 e. The highest BCUT2D eigenvalue weighted by Crippen LogP contribution is 2.18. The Labute approximate surface area is 167 Å². The Kier molecular flexibility index (Phi) is 4.32. The minimum absolute atomic E-state index is 0.0378. The van der Waals surface area contributed by atoms with E-state index < -0.39 is 11.2 Å². The summed E-state index contributed by atoms with van der Waals surface area (Å²) in [6.07, 6.45) is 0. The highest BCUT2D eigenvalue weighted by atomic mass is 35.5. The van der Waals surface area contributed by atoms with Gasteiger partial charge in [-0.15, -0.1) is 0 Å². The maximum Gasteiger partial charge on any atom is 0.332 e. The molecular formula is C18H14ClN7O3. The van der Waals surface area contributed by atoms with E-state index in [2.05, 4.69) is 9.97 Å². The number of aromatic nitrogens is 6. The summed E-state index contributed by atoms with van der Waals surface area (Å²) in [4.78, 5) is 46.3. The zero-order valence-corrected chi connectivity index (χ0v) is 16.2. The molecule has 3 aromatic heterocycles. The molecule has 0 aliphatic carbocycles. The van der Waals surface area contributed by atoms with Gasteiger partial charge in [0.25, 0.3) is 11.1 Å². The van der Waals surface area contributed by atoms with E-state index in [1.165, 1.54) is 27.8 Å². The molecular weight excluding hydrogens is 398 g/mol. The van der Waals surface area contributed by atoms with Gasteiger partial charge in [0.2, 0.25) is 5.28 Å². The number of para-hydroxylation sites is 1. The Morgan fingerprint density at radius 1 is 1.03 bits per heavy atom. The van der Waals surface area contributed by atoms with Gasteiger partial charge in [-0.1, -0.05) is 12.1 Å². The van der Waals surface area contributed by atoms with Crippen molar-refractivity contribution in [2.45, 2.75) is 13.1 Å². The quantitative estimate of drug-likeness (QED) is 0.449. The molecule has 1 aromatic carbocycles. The van der Waals surface area contributed by atoms with Crippen molar-refractivity contribution in [3.63, 3.8) is 0 Å². The third-order valence-electron chi connectivity index (χ3n) is 4.77. The molecule has 4 rings (SSSR count). The number of nitrogens with zero attached hydrogens (tertiary/aromatic N) is 7. The number of halogens is 1. The van der Waals surface area contributed by atoms with Crippen molar-refractivity contribution in [3.8, 4) is 6.07 Å². The predicted molar refractivity (Wildman–Crippen MR) is 106 cm³/mol. The van der Waals surface area contributed by atoms with Crippen LogP contribution in [0.25, 0.3) is 22.1 Å². The molecule has 0 saturated heterocycles. The van der Waals surface area contributed by atoms with Gasteiger partial charge in [-0.25, -0.2) is 9.78 Å². The lowest BCUT2D eigenvalue weighted by molar-refractivity contribution is 0.650. The Balaban J connectivity index is 2.03. The number of rotatable bonds is 3. The number of fused-ring (bicyclic) bond motifs is 2. The van der Waals surface area contributed by atoms with Crippen molar-refractivity contribution >= 4 is 33.7 Å². The molecule has 0 aliphatic heterocycles. The van der Waals surface area contributed by atoms with Crippen LogP contribution in [0.5, 0.6) is 0 Å². The second-order valence-corrected chi connectivity index (χ2v) is 6.78. The van der Waals surface area contributed by atoms with Crippen LogP contribution < -0.4 is 16.8 Å². The van der Waals surface area contributed by atoms with Gasteiger partial charge < -0.3 is 4.57 Å². The summed E-state index contributed by atoms with van der Waals surface area (Å²) in [5.74, 6) is 0.243. The molecule has 10 nitrogen and oxygen atoms in total. The predicted octanol–water partition coefficient (Wildman–Crippen LogP) is 0.369. The van der Waals surface area contributed by atoms with Crippen LogP contribution in [0, 0.1) is 11.3 Å². The molecule has 0 unspecified atom stereocenters. The first kappa shape index (κ1) is 18.6. The molecule has 4 aromatic rings.